The van der Waals surface area contributed by atoms with Crippen LogP contribution in [-0.2, 0) is 31.0 Å². The van der Waals surface area contributed by atoms with Crippen molar-refractivity contribution in [3.63, 3.8) is 0 Å². The van der Waals surface area contributed by atoms with Gasteiger partial charge in [0, 0.05) is 35.4 Å². The third kappa shape index (κ3) is 5.92. The highest BCUT2D eigenvalue weighted by molar-refractivity contribution is 6.28. The fraction of sp³-hybridized carbons (Fsp3) is 0.0857. The average molecular weight is 679 g/mol. The summed E-state index contributed by atoms with van der Waals surface area (Å²) in [4.78, 5) is 49.1. The van der Waals surface area contributed by atoms with Crippen LogP contribution in [-0.4, -0.2) is 29.6 Å². The van der Waals surface area contributed by atoms with Crippen molar-refractivity contribution >= 4 is 35.0 Å². The van der Waals surface area contributed by atoms with E-state index in [0.717, 1.165) is 58.4 Å². The first-order valence-electron chi connectivity index (χ1n) is 14.2. The first kappa shape index (κ1) is 32.7. The summed E-state index contributed by atoms with van der Waals surface area (Å²) in [7, 11) is 0. The minimum atomic E-state index is -5.88. The van der Waals surface area contributed by atoms with Gasteiger partial charge in [-0.3, -0.25) is 19.2 Å². The van der Waals surface area contributed by atoms with E-state index >= 15 is 26.3 Å². The van der Waals surface area contributed by atoms with Gasteiger partial charge in [-0.05, 0) is 97.1 Å². The summed E-state index contributed by atoms with van der Waals surface area (Å²) in [6, 6.07) is 16.8. The zero-order valence-electron chi connectivity index (χ0n) is 24.7. The SMILES string of the molecule is O=C1C=CC(=O)N1c1ccc(Oc2ccc(C(F)(F)C(F)(F)C(F)(F)c3ccc(Oc4ccc(N5C(=O)C=CC5=O)cc4)cc3)cc2)cc1. The van der Waals surface area contributed by atoms with Gasteiger partial charge in [0.15, 0.2) is 0 Å². The predicted octanol–water partition coefficient (Wildman–Crippen LogP) is 7.65. The molecule has 0 spiro atoms. The van der Waals surface area contributed by atoms with E-state index in [0.29, 0.717) is 24.3 Å². The summed E-state index contributed by atoms with van der Waals surface area (Å²) >= 11 is 0. The number of hydrogen-bond acceptors (Lipinski definition) is 6. The molecule has 0 saturated carbocycles. The molecule has 0 fully saturated rings. The standard InChI is InChI=1S/C35H20F6N2O6/c36-33(37,21-1-9-25(10-2-21)48-27-13-5-23(6-14-27)42-29(44)17-18-30(42)45)35(40,41)34(38,39)22-3-11-26(12-4-22)49-28-15-7-24(8-16-28)43-31(46)19-20-32(43)47/h1-20H. The molecule has 4 aromatic carbocycles. The quantitative estimate of drug-likeness (QED) is 0.126. The molecule has 0 aliphatic carbocycles. The molecule has 49 heavy (non-hydrogen) atoms. The zero-order chi connectivity index (χ0) is 35.1. The summed E-state index contributed by atoms with van der Waals surface area (Å²) in [5.41, 5.74) is -2.30. The number of benzene rings is 4. The molecular formula is C35H20F6N2O6. The Morgan fingerprint density at radius 3 is 0.898 bits per heavy atom. The van der Waals surface area contributed by atoms with E-state index < -0.39 is 52.5 Å². The monoisotopic (exact) mass is 678 g/mol. The first-order chi connectivity index (χ1) is 23.2. The van der Waals surface area contributed by atoms with Crippen molar-refractivity contribution in [2.24, 2.45) is 0 Å². The maximum Gasteiger partial charge on any atom is 0.380 e. The van der Waals surface area contributed by atoms with Crippen LogP contribution in [0.2, 0.25) is 0 Å². The van der Waals surface area contributed by atoms with E-state index in [4.69, 9.17) is 9.47 Å². The Labute approximate surface area is 273 Å². The third-order valence-corrected chi connectivity index (χ3v) is 7.50. The summed E-state index contributed by atoms with van der Waals surface area (Å²) < 4.78 is 101. The van der Waals surface area contributed by atoms with Gasteiger partial charge in [0.05, 0.1) is 11.4 Å². The number of halogens is 6. The minimum absolute atomic E-state index is 0.0855. The topological polar surface area (TPSA) is 93.2 Å². The van der Waals surface area contributed by atoms with Gasteiger partial charge >= 0.3 is 17.8 Å². The van der Waals surface area contributed by atoms with Gasteiger partial charge < -0.3 is 9.47 Å². The number of ether oxygens (including phenoxy) is 2. The number of alkyl halides is 6. The van der Waals surface area contributed by atoms with Crippen LogP contribution >= 0.6 is 0 Å². The number of anilines is 2. The second-order valence-electron chi connectivity index (χ2n) is 10.7. The lowest BCUT2D eigenvalue weighted by Gasteiger charge is -2.33. The Balaban J connectivity index is 1.12. The van der Waals surface area contributed by atoms with Gasteiger partial charge in [0.25, 0.3) is 23.6 Å². The Hall–Kier alpha value is -6.18. The smallest absolute Gasteiger partial charge is 0.380 e. The van der Waals surface area contributed by atoms with E-state index in [1.165, 1.54) is 48.5 Å². The molecule has 0 aromatic heterocycles. The zero-order valence-corrected chi connectivity index (χ0v) is 24.7. The highest BCUT2D eigenvalue weighted by Gasteiger charge is 2.72. The fourth-order valence-electron chi connectivity index (χ4n) is 4.93. The van der Waals surface area contributed by atoms with Gasteiger partial charge in [0.1, 0.15) is 23.0 Å². The average Bonchev–Trinajstić information content (AvgIpc) is 3.60. The lowest BCUT2D eigenvalue weighted by atomic mass is 9.93. The van der Waals surface area contributed by atoms with Crippen molar-refractivity contribution in [3.8, 4) is 23.0 Å². The molecule has 0 atom stereocenters. The summed E-state index contributed by atoms with van der Waals surface area (Å²) in [6.07, 6.45) is 4.40. The summed E-state index contributed by atoms with van der Waals surface area (Å²) in [6.45, 7) is 0. The van der Waals surface area contributed by atoms with E-state index in [2.05, 4.69) is 0 Å². The molecule has 4 amide bonds. The maximum absolute atomic E-state index is 15.1. The highest BCUT2D eigenvalue weighted by Crippen LogP contribution is 2.55. The molecule has 0 radical (unpaired) electrons. The molecule has 8 nitrogen and oxygen atoms in total. The van der Waals surface area contributed by atoms with Crippen LogP contribution in [0.4, 0.5) is 37.7 Å². The number of carbonyl (C=O) groups excluding carboxylic acids is 4. The largest absolute Gasteiger partial charge is 0.457 e. The lowest BCUT2D eigenvalue weighted by molar-refractivity contribution is -0.321. The number of amides is 4. The number of nitrogens with zero attached hydrogens (tertiary/aromatic N) is 2. The Kier molecular flexibility index (Phi) is 8.10. The molecule has 2 aliphatic rings. The molecular weight excluding hydrogens is 658 g/mol. The number of rotatable bonds is 10. The number of imide groups is 2. The normalized spacial score (nSPS) is 15.1. The molecule has 0 bridgehead atoms. The van der Waals surface area contributed by atoms with Gasteiger partial charge in [0.2, 0.25) is 0 Å². The molecule has 0 unspecified atom stereocenters. The van der Waals surface area contributed by atoms with Crippen molar-refractivity contribution in [1.82, 2.24) is 0 Å². The molecule has 0 N–H and O–H groups in total. The van der Waals surface area contributed by atoms with Crippen molar-refractivity contribution in [2.45, 2.75) is 17.8 Å². The molecule has 2 heterocycles. The van der Waals surface area contributed by atoms with Crippen LogP contribution in [0.25, 0.3) is 0 Å². The Morgan fingerprint density at radius 2 is 0.633 bits per heavy atom. The van der Waals surface area contributed by atoms with Crippen molar-refractivity contribution < 1.29 is 55.0 Å². The second-order valence-corrected chi connectivity index (χ2v) is 10.7. The van der Waals surface area contributed by atoms with Gasteiger partial charge in [-0.2, -0.15) is 26.3 Å². The van der Waals surface area contributed by atoms with Gasteiger partial charge in [-0.1, -0.05) is 0 Å². The predicted molar refractivity (Wildman–Crippen MR) is 162 cm³/mol. The van der Waals surface area contributed by atoms with E-state index in [-0.39, 0.29) is 34.4 Å². The van der Waals surface area contributed by atoms with Crippen LogP contribution in [0.15, 0.2) is 121 Å². The first-order valence-corrected chi connectivity index (χ1v) is 14.2. The summed E-state index contributed by atoms with van der Waals surface area (Å²) in [5.74, 6) is -18.6. The molecule has 14 heteroatoms. The summed E-state index contributed by atoms with van der Waals surface area (Å²) in [5, 5.41) is 0. The van der Waals surface area contributed by atoms with E-state index in [9.17, 15) is 19.2 Å². The van der Waals surface area contributed by atoms with Crippen molar-refractivity contribution in [3.05, 3.63) is 132 Å². The van der Waals surface area contributed by atoms with Crippen LogP contribution in [0.5, 0.6) is 23.0 Å². The van der Waals surface area contributed by atoms with Gasteiger partial charge in [-0.25, -0.2) is 9.80 Å². The van der Waals surface area contributed by atoms with E-state index in [1.807, 2.05) is 0 Å². The van der Waals surface area contributed by atoms with Crippen LogP contribution < -0.4 is 19.3 Å². The molecule has 6 rings (SSSR count). The molecule has 248 valence electrons. The second kappa shape index (κ2) is 12.1. The van der Waals surface area contributed by atoms with Crippen molar-refractivity contribution in [1.29, 1.82) is 0 Å². The fourth-order valence-corrected chi connectivity index (χ4v) is 4.93. The van der Waals surface area contributed by atoms with Crippen LogP contribution in [0.1, 0.15) is 11.1 Å². The van der Waals surface area contributed by atoms with Crippen molar-refractivity contribution in [2.75, 3.05) is 9.80 Å². The Morgan fingerprint density at radius 1 is 0.388 bits per heavy atom. The minimum Gasteiger partial charge on any atom is -0.457 e. The number of hydrogen-bond donors (Lipinski definition) is 0. The molecule has 0 saturated heterocycles. The van der Waals surface area contributed by atoms with Crippen LogP contribution in [0, 0.1) is 0 Å². The van der Waals surface area contributed by atoms with E-state index in [1.54, 1.807) is 0 Å². The Bertz CT molecular complexity index is 1830. The van der Waals surface area contributed by atoms with Crippen LogP contribution in [0.3, 0.4) is 0 Å². The molecule has 2 aliphatic heterocycles. The molecule has 4 aromatic rings. The third-order valence-electron chi connectivity index (χ3n) is 7.50. The highest BCUT2D eigenvalue weighted by atomic mass is 19.3. The van der Waals surface area contributed by atoms with Gasteiger partial charge in [-0.15, -0.1) is 0 Å². The number of carbonyl (C=O) groups is 4. The lowest BCUT2D eigenvalue weighted by Crippen LogP contribution is -2.50. The maximum atomic E-state index is 15.1.